The fourth-order valence-electron chi connectivity index (χ4n) is 3.26. The fourth-order valence-corrected chi connectivity index (χ4v) is 3.26. The van der Waals surface area contributed by atoms with Crippen molar-refractivity contribution in [2.45, 2.75) is 63.3 Å². The zero-order valence-corrected chi connectivity index (χ0v) is 13.4. The van der Waals surface area contributed by atoms with E-state index in [0.29, 0.717) is 12.0 Å². The van der Waals surface area contributed by atoms with E-state index in [-0.39, 0.29) is 31.0 Å². The van der Waals surface area contributed by atoms with Gasteiger partial charge in [-0.05, 0) is 32.1 Å². The molecule has 130 valence electrons. The molecule has 1 aliphatic carbocycles. The van der Waals surface area contributed by atoms with E-state index in [4.69, 9.17) is 0 Å². The summed E-state index contributed by atoms with van der Waals surface area (Å²) in [6.45, 7) is 0.236. The molecule has 2 rings (SSSR count). The van der Waals surface area contributed by atoms with E-state index in [2.05, 4.69) is 15.4 Å². The molecule has 0 spiro atoms. The summed E-state index contributed by atoms with van der Waals surface area (Å²) in [6.07, 6.45) is 1.19. The van der Waals surface area contributed by atoms with Crippen molar-refractivity contribution in [1.82, 2.24) is 10.6 Å². The van der Waals surface area contributed by atoms with Gasteiger partial charge >= 0.3 is 6.18 Å². The van der Waals surface area contributed by atoms with E-state index in [9.17, 15) is 18.0 Å². The maximum Gasteiger partial charge on any atom is 0.411 e. The fraction of sp³-hybridized carbons (Fsp3) is 0.929. The number of amides is 1. The third-order valence-corrected chi connectivity index (χ3v) is 4.20. The number of rotatable bonds is 5. The standard InChI is InChI=1S/C14H23F3N2O2.ClH/c1-9(7-21-8-14(15,16)17)18-13(20)12-6-10-4-2-3-5-11(10)19-12;/h9-12,19H,2-8H2,1H3,(H,18,20);1H. The quantitative estimate of drug-likeness (QED) is 0.805. The van der Waals surface area contributed by atoms with Gasteiger partial charge in [-0.15, -0.1) is 12.4 Å². The minimum Gasteiger partial charge on any atom is -0.370 e. The van der Waals surface area contributed by atoms with Gasteiger partial charge in [0.25, 0.3) is 0 Å². The van der Waals surface area contributed by atoms with Gasteiger partial charge in [0.1, 0.15) is 6.61 Å². The highest BCUT2D eigenvalue weighted by atomic mass is 35.5. The topological polar surface area (TPSA) is 50.4 Å². The first-order chi connectivity index (χ1) is 9.85. The van der Waals surface area contributed by atoms with Crippen molar-refractivity contribution in [2.24, 2.45) is 5.92 Å². The van der Waals surface area contributed by atoms with E-state index in [1.54, 1.807) is 6.92 Å². The van der Waals surface area contributed by atoms with Crippen LogP contribution in [-0.4, -0.2) is 43.4 Å². The predicted molar refractivity (Wildman–Crippen MR) is 79.0 cm³/mol. The number of alkyl halides is 3. The Morgan fingerprint density at radius 1 is 1.36 bits per heavy atom. The van der Waals surface area contributed by atoms with Crippen molar-refractivity contribution in [3.8, 4) is 0 Å². The molecule has 4 unspecified atom stereocenters. The van der Waals surface area contributed by atoms with Gasteiger partial charge in [-0.2, -0.15) is 13.2 Å². The second kappa shape index (κ2) is 8.36. The Labute approximate surface area is 134 Å². The summed E-state index contributed by atoms with van der Waals surface area (Å²) >= 11 is 0. The minimum atomic E-state index is -4.33. The monoisotopic (exact) mass is 344 g/mol. The molecule has 4 atom stereocenters. The van der Waals surface area contributed by atoms with Gasteiger partial charge in [0.05, 0.1) is 12.6 Å². The normalized spacial score (nSPS) is 29.4. The first-order valence-electron chi connectivity index (χ1n) is 7.56. The summed E-state index contributed by atoms with van der Waals surface area (Å²) in [5.74, 6) is 0.429. The molecule has 2 fully saturated rings. The molecule has 1 saturated carbocycles. The van der Waals surface area contributed by atoms with Crippen LogP contribution >= 0.6 is 12.4 Å². The van der Waals surface area contributed by atoms with Gasteiger partial charge in [0, 0.05) is 12.1 Å². The van der Waals surface area contributed by atoms with Crippen molar-refractivity contribution in [1.29, 1.82) is 0 Å². The molecule has 0 bridgehead atoms. The van der Waals surface area contributed by atoms with Crippen LogP contribution in [0.25, 0.3) is 0 Å². The van der Waals surface area contributed by atoms with Crippen LogP contribution in [-0.2, 0) is 9.53 Å². The highest BCUT2D eigenvalue weighted by molar-refractivity contribution is 5.85. The van der Waals surface area contributed by atoms with Gasteiger partial charge in [-0.1, -0.05) is 12.8 Å². The first kappa shape index (κ1) is 19.5. The smallest absolute Gasteiger partial charge is 0.370 e. The second-order valence-electron chi connectivity index (χ2n) is 6.15. The Morgan fingerprint density at radius 3 is 2.68 bits per heavy atom. The van der Waals surface area contributed by atoms with Gasteiger partial charge in [0.2, 0.25) is 5.91 Å². The van der Waals surface area contributed by atoms with Crippen LogP contribution < -0.4 is 10.6 Å². The molecule has 0 aromatic heterocycles. The van der Waals surface area contributed by atoms with Crippen LogP contribution in [0.3, 0.4) is 0 Å². The zero-order valence-electron chi connectivity index (χ0n) is 12.6. The average molecular weight is 345 g/mol. The SMILES string of the molecule is CC(COCC(F)(F)F)NC(=O)C1CC2CCCCC2N1.Cl. The molecule has 0 aromatic rings. The lowest BCUT2D eigenvalue weighted by Crippen LogP contribution is -2.47. The molecule has 4 nitrogen and oxygen atoms in total. The number of carbonyl (C=O) groups excluding carboxylic acids is 1. The van der Waals surface area contributed by atoms with Crippen molar-refractivity contribution in [3.05, 3.63) is 0 Å². The Kier molecular flexibility index (Phi) is 7.41. The van der Waals surface area contributed by atoms with Crippen LogP contribution in [0.5, 0.6) is 0 Å². The highest BCUT2D eigenvalue weighted by Gasteiger charge is 2.38. The third-order valence-electron chi connectivity index (χ3n) is 4.20. The van der Waals surface area contributed by atoms with Crippen LogP contribution in [0.1, 0.15) is 39.0 Å². The summed E-state index contributed by atoms with van der Waals surface area (Å²) in [4.78, 5) is 12.1. The summed E-state index contributed by atoms with van der Waals surface area (Å²) in [7, 11) is 0. The number of carbonyl (C=O) groups is 1. The van der Waals surface area contributed by atoms with Gasteiger partial charge < -0.3 is 15.4 Å². The van der Waals surface area contributed by atoms with E-state index >= 15 is 0 Å². The summed E-state index contributed by atoms with van der Waals surface area (Å²) in [5, 5.41) is 6.07. The Balaban J connectivity index is 0.00000242. The van der Waals surface area contributed by atoms with Crippen LogP contribution in [0.15, 0.2) is 0 Å². The van der Waals surface area contributed by atoms with Gasteiger partial charge in [0.15, 0.2) is 0 Å². The highest BCUT2D eigenvalue weighted by Crippen LogP contribution is 2.33. The Bertz CT molecular complexity index is 354. The molecule has 1 amide bonds. The molecule has 1 saturated heterocycles. The Morgan fingerprint density at radius 2 is 2.05 bits per heavy atom. The number of fused-ring (bicyclic) bond motifs is 1. The summed E-state index contributed by atoms with van der Waals surface area (Å²) < 4.78 is 40.4. The molecule has 2 N–H and O–H groups in total. The number of nitrogens with one attached hydrogen (secondary N) is 2. The lowest BCUT2D eigenvalue weighted by molar-refractivity contribution is -0.175. The molecule has 1 aliphatic heterocycles. The van der Waals surface area contributed by atoms with Crippen molar-refractivity contribution in [2.75, 3.05) is 13.2 Å². The maximum absolute atomic E-state index is 12.1. The molecule has 8 heteroatoms. The largest absolute Gasteiger partial charge is 0.411 e. The molecule has 1 heterocycles. The van der Waals surface area contributed by atoms with E-state index in [1.165, 1.54) is 12.8 Å². The Hall–Kier alpha value is -0.530. The average Bonchev–Trinajstić information content (AvgIpc) is 2.80. The molecule has 0 radical (unpaired) electrons. The lowest BCUT2D eigenvalue weighted by atomic mass is 9.85. The maximum atomic E-state index is 12.1. The third kappa shape index (κ3) is 5.93. The zero-order chi connectivity index (χ0) is 15.5. The predicted octanol–water partition coefficient (Wildman–Crippen LogP) is 2.41. The van der Waals surface area contributed by atoms with Crippen molar-refractivity contribution in [3.63, 3.8) is 0 Å². The number of halogens is 4. The summed E-state index contributed by atoms with van der Waals surface area (Å²) in [5.41, 5.74) is 0. The molecular weight excluding hydrogens is 321 g/mol. The molecule has 22 heavy (non-hydrogen) atoms. The minimum absolute atomic E-state index is 0. The lowest BCUT2D eigenvalue weighted by Gasteiger charge is -2.24. The molecular formula is C14H24ClF3N2O2. The molecule has 2 aliphatic rings. The van der Waals surface area contributed by atoms with Crippen LogP contribution in [0.4, 0.5) is 13.2 Å². The van der Waals surface area contributed by atoms with Crippen molar-refractivity contribution < 1.29 is 22.7 Å². The van der Waals surface area contributed by atoms with Crippen molar-refractivity contribution >= 4 is 18.3 Å². The first-order valence-corrected chi connectivity index (χ1v) is 7.56. The number of ether oxygens (including phenoxy) is 1. The van der Waals surface area contributed by atoms with E-state index < -0.39 is 18.8 Å². The van der Waals surface area contributed by atoms with E-state index in [0.717, 1.165) is 19.3 Å². The van der Waals surface area contributed by atoms with Gasteiger partial charge in [-0.25, -0.2) is 0 Å². The van der Waals surface area contributed by atoms with Gasteiger partial charge in [-0.3, -0.25) is 4.79 Å². The number of hydrogen-bond acceptors (Lipinski definition) is 3. The second-order valence-corrected chi connectivity index (χ2v) is 6.15. The van der Waals surface area contributed by atoms with Crippen LogP contribution in [0.2, 0.25) is 0 Å². The van der Waals surface area contributed by atoms with Crippen LogP contribution in [0, 0.1) is 5.92 Å². The molecule has 0 aromatic carbocycles. The number of hydrogen-bond donors (Lipinski definition) is 2. The van der Waals surface area contributed by atoms with E-state index in [1.807, 2.05) is 0 Å². The summed E-state index contributed by atoms with van der Waals surface area (Å²) in [6, 6.07) is -0.223.